The summed E-state index contributed by atoms with van der Waals surface area (Å²) in [5, 5.41) is 18.0. The number of halogens is 1. The number of benzene rings is 1. The SMILES string of the molecule is Cc1cc(=O)c(-c2nnn[nH]2)nn1-c1cccc(Cl)c1. The molecule has 100 valence electrons. The molecule has 2 heterocycles. The molecule has 0 fully saturated rings. The van der Waals surface area contributed by atoms with Gasteiger partial charge < -0.3 is 0 Å². The standard InChI is InChI=1S/C12H9ClN6O/c1-7-5-10(20)11(12-14-17-18-15-12)16-19(7)9-4-2-3-8(13)6-9/h2-6H,1H3,(H,14,15,17,18). The van der Waals surface area contributed by atoms with Gasteiger partial charge in [0.25, 0.3) is 0 Å². The number of hydrogen-bond donors (Lipinski definition) is 1. The zero-order valence-corrected chi connectivity index (χ0v) is 11.2. The fourth-order valence-electron chi connectivity index (χ4n) is 1.84. The van der Waals surface area contributed by atoms with Crippen molar-refractivity contribution >= 4 is 11.6 Å². The van der Waals surface area contributed by atoms with E-state index in [1.54, 1.807) is 23.7 Å². The normalized spacial score (nSPS) is 10.7. The van der Waals surface area contributed by atoms with Gasteiger partial charge in [0.1, 0.15) is 0 Å². The van der Waals surface area contributed by atoms with Crippen molar-refractivity contribution in [1.82, 2.24) is 30.4 Å². The van der Waals surface area contributed by atoms with Gasteiger partial charge >= 0.3 is 0 Å². The lowest BCUT2D eigenvalue weighted by Gasteiger charge is -2.10. The highest BCUT2D eigenvalue weighted by molar-refractivity contribution is 6.30. The molecule has 0 bridgehead atoms. The zero-order valence-electron chi connectivity index (χ0n) is 10.4. The summed E-state index contributed by atoms with van der Waals surface area (Å²) in [5.74, 6) is 0.228. The van der Waals surface area contributed by atoms with Crippen molar-refractivity contribution in [2.75, 3.05) is 0 Å². The van der Waals surface area contributed by atoms with Crippen LogP contribution in [-0.2, 0) is 0 Å². The van der Waals surface area contributed by atoms with Gasteiger partial charge in [0.2, 0.25) is 11.3 Å². The van der Waals surface area contributed by atoms with Gasteiger partial charge in [0.15, 0.2) is 5.69 Å². The van der Waals surface area contributed by atoms with Crippen molar-refractivity contribution in [2.24, 2.45) is 0 Å². The summed E-state index contributed by atoms with van der Waals surface area (Å²) in [5.41, 5.74) is 1.34. The molecule has 1 N–H and O–H groups in total. The van der Waals surface area contributed by atoms with Crippen LogP contribution in [-0.4, -0.2) is 30.4 Å². The van der Waals surface area contributed by atoms with Crippen LogP contribution in [0.3, 0.4) is 0 Å². The van der Waals surface area contributed by atoms with Crippen LogP contribution in [0.1, 0.15) is 5.69 Å². The van der Waals surface area contributed by atoms with E-state index in [2.05, 4.69) is 25.7 Å². The van der Waals surface area contributed by atoms with E-state index in [0.717, 1.165) is 5.69 Å². The van der Waals surface area contributed by atoms with E-state index in [1.807, 2.05) is 12.1 Å². The van der Waals surface area contributed by atoms with Crippen LogP contribution in [0.15, 0.2) is 35.1 Å². The Balaban J connectivity index is 2.22. The molecule has 0 aliphatic rings. The maximum absolute atomic E-state index is 12.0. The molecule has 3 aromatic rings. The Hall–Kier alpha value is -2.54. The second kappa shape index (κ2) is 4.86. The molecule has 0 amide bonds. The number of nitrogens with zero attached hydrogens (tertiary/aromatic N) is 5. The summed E-state index contributed by atoms with van der Waals surface area (Å²) >= 11 is 5.98. The summed E-state index contributed by atoms with van der Waals surface area (Å²) in [7, 11) is 0. The van der Waals surface area contributed by atoms with Gasteiger partial charge in [-0.1, -0.05) is 17.7 Å². The van der Waals surface area contributed by atoms with E-state index in [0.29, 0.717) is 10.7 Å². The van der Waals surface area contributed by atoms with Crippen LogP contribution in [0, 0.1) is 6.92 Å². The van der Waals surface area contributed by atoms with Gasteiger partial charge in [-0.15, -0.1) is 5.10 Å². The van der Waals surface area contributed by atoms with Crippen molar-refractivity contribution in [1.29, 1.82) is 0 Å². The number of aromatic nitrogens is 6. The Labute approximate surface area is 118 Å². The molecule has 0 saturated carbocycles. The fraction of sp³-hybridized carbons (Fsp3) is 0.0833. The predicted octanol–water partition coefficient (Wildman–Crippen LogP) is 1.37. The molecule has 20 heavy (non-hydrogen) atoms. The first kappa shape index (κ1) is 12.5. The molecule has 1 aromatic carbocycles. The minimum atomic E-state index is -0.251. The second-order valence-electron chi connectivity index (χ2n) is 4.14. The number of aryl methyl sites for hydroxylation is 1. The molecule has 0 unspecified atom stereocenters. The fourth-order valence-corrected chi connectivity index (χ4v) is 2.02. The summed E-state index contributed by atoms with van der Waals surface area (Å²) in [4.78, 5) is 12.0. The molecule has 2 aromatic heterocycles. The van der Waals surface area contributed by atoms with Crippen LogP contribution in [0.2, 0.25) is 5.02 Å². The Bertz CT molecular complexity index is 811. The first-order valence-corrected chi connectivity index (χ1v) is 6.14. The average molecular weight is 289 g/mol. The highest BCUT2D eigenvalue weighted by Crippen LogP contribution is 2.16. The molecule has 0 aliphatic heterocycles. The van der Waals surface area contributed by atoms with Gasteiger partial charge in [-0.25, -0.2) is 9.78 Å². The molecule has 8 heteroatoms. The third-order valence-electron chi connectivity index (χ3n) is 2.73. The molecular weight excluding hydrogens is 280 g/mol. The van der Waals surface area contributed by atoms with Gasteiger partial charge in [-0.3, -0.25) is 4.79 Å². The van der Waals surface area contributed by atoms with Crippen molar-refractivity contribution in [3.8, 4) is 17.2 Å². The minimum absolute atomic E-state index is 0.153. The largest absolute Gasteiger partial charge is 0.287 e. The molecule has 7 nitrogen and oxygen atoms in total. The van der Waals surface area contributed by atoms with E-state index >= 15 is 0 Å². The Morgan fingerprint density at radius 3 is 2.85 bits per heavy atom. The number of hydrogen-bond acceptors (Lipinski definition) is 5. The Morgan fingerprint density at radius 1 is 1.30 bits per heavy atom. The Morgan fingerprint density at radius 2 is 2.15 bits per heavy atom. The number of tetrazole rings is 1. The van der Waals surface area contributed by atoms with Gasteiger partial charge in [-0.2, -0.15) is 5.10 Å². The maximum Gasteiger partial charge on any atom is 0.211 e. The average Bonchev–Trinajstić information content (AvgIpc) is 2.92. The maximum atomic E-state index is 12.0. The van der Waals surface area contributed by atoms with E-state index in [9.17, 15) is 4.79 Å². The lowest BCUT2D eigenvalue weighted by Crippen LogP contribution is -2.16. The van der Waals surface area contributed by atoms with E-state index in [4.69, 9.17) is 11.6 Å². The second-order valence-corrected chi connectivity index (χ2v) is 4.58. The van der Waals surface area contributed by atoms with Crippen LogP contribution < -0.4 is 5.43 Å². The molecule has 0 aliphatic carbocycles. The van der Waals surface area contributed by atoms with Crippen molar-refractivity contribution in [3.05, 3.63) is 51.3 Å². The highest BCUT2D eigenvalue weighted by atomic mass is 35.5. The van der Waals surface area contributed by atoms with Crippen LogP contribution >= 0.6 is 11.6 Å². The molecule has 0 atom stereocenters. The predicted molar refractivity (Wildman–Crippen MR) is 72.8 cm³/mol. The van der Waals surface area contributed by atoms with Gasteiger partial charge in [-0.05, 0) is 35.5 Å². The lowest BCUT2D eigenvalue weighted by atomic mass is 10.3. The van der Waals surface area contributed by atoms with E-state index in [1.165, 1.54) is 6.07 Å². The number of rotatable bonds is 2. The molecular formula is C12H9ClN6O. The Kier molecular flexibility index (Phi) is 3.03. The van der Waals surface area contributed by atoms with Crippen molar-refractivity contribution in [3.63, 3.8) is 0 Å². The van der Waals surface area contributed by atoms with E-state index in [-0.39, 0.29) is 16.9 Å². The summed E-state index contributed by atoms with van der Waals surface area (Å²) < 4.78 is 1.62. The summed E-state index contributed by atoms with van der Waals surface area (Å²) in [6.45, 7) is 1.79. The monoisotopic (exact) mass is 288 g/mol. The molecule has 3 rings (SSSR count). The topological polar surface area (TPSA) is 89.3 Å². The first-order valence-electron chi connectivity index (χ1n) is 5.76. The molecule has 0 saturated heterocycles. The lowest BCUT2D eigenvalue weighted by molar-refractivity contribution is 0.800. The van der Waals surface area contributed by atoms with Crippen LogP contribution in [0.4, 0.5) is 0 Å². The van der Waals surface area contributed by atoms with Crippen LogP contribution in [0.25, 0.3) is 17.2 Å². The third-order valence-corrected chi connectivity index (χ3v) is 2.96. The first-order chi connectivity index (χ1) is 9.65. The minimum Gasteiger partial charge on any atom is -0.287 e. The molecule has 0 spiro atoms. The van der Waals surface area contributed by atoms with Gasteiger partial charge in [0, 0.05) is 16.8 Å². The quantitative estimate of drug-likeness (QED) is 0.769. The van der Waals surface area contributed by atoms with E-state index < -0.39 is 0 Å². The van der Waals surface area contributed by atoms with Crippen molar-refractivity contribution in [2.45, 2.75) is 6.92 Å². The third kappa shape index (κ3) is 2.19. The van der Waals surface area contributed by atoms with Crippen LogP contribution in [0.5, 0.6) is 0 Å². The number of nitrogens with one attached hydrogen (secondary N) is 1. The number of H-pyrrole nitrogens is 1. The number of aromatic amines is 1. The highest BCUT2D eigenvalue weighted by Gasteiger charge is 2.12. The summed E-state index contributed by atoms with van der Waals surface area (Å²) in [6.07, 6.45) is 0. The zero-order chi connectivity index (χ0) is 14.1. The smallest absolute Gasteiger partial charge is 0.211 e. The van der Waals surface area contributed by atoms with Gasteiger partial charge in [0.05, 0.1) is 5.69 Å². The molecule has 0 radical (unpaired) electrons. The summed E-state index contributed by atoms with van der Waals surface area (Å²) in [6, 6.07) is 8.66. The van der Waals surface area contributed by atoms with Crippen molar-refractivity contribution < 1.29 is 0 Å².